The highest BCUT2D eigenvalue weighted by Gasteiger charge is 2.15. The van der Waals surface area contributed by atoms with Crippen LogP contribution in [0.1, 0.15) is 48.7 Å². The average Bonchev–Trinajstić information content (AvgIpc) is 2.37. The molecule has 0 fully saturated rings. The molecule has 1 aromatic carbocycles. The van der Waals surface area contributed by atoms with Crippen molar-refractivity contribution >= 4 is 18.5 Å². The van der Waals surface area contributed by atoms with Gasteiger partial charge in [0.1, 0.15) is 5.60 Å². The number of aryl methyl sites for hydroxylation is 1. The fourth-order valence-electron chi connectivity index (χ4n) is 1.73. The third kappa shape index (κ3) is 6.75. The van der Waals surface area contributed by atoms with Crippen LogP contribution in [0, 0.1) is 6.92 Å². The largest absolute Gasteiger partial charge is 0.444 e. The van der Waals surface area contributed by atoms with Crippen molar-refractivity contribution in [2.24, 2.45) is 0 Å². The molecule has 0 aliphatic rings. The van der Waals surface area contributed by atoms with Gasteiger partial charge >= 0.3 is 6.09 Å². The molecule has 4 nitrogen and oxygen atoms in total. The number of amides is 1. The van der Waals surface area contributed by atoms with Crippen LogP contribution in [-0.2, 0) is 4.74 Å². The predicted octanol–water partition coefficient (Wildman–Crippen LogP) is 3.74. The lowest BCUT2D eigenvalue weighted by Gasteiger charge is -2.19. The van der Waals surface area contributed by atoms with Gasteiger partial charge in [-0.2, -0.15) is 0 Å². The number of carbonyl (C=O) groups is 2. The molecule has 0 aliphatic carbocycles. The van der Waals surface area contributed by atoms with Crippen LogP contribution in [0.15, 0.2) is 24.3 Å². The van der Waals surface area contributed by atoms with Gasteiger partial charge in [-0.05, 0) is 45.7 Å². The molecule has 0 saturated carbocycles. The molecule has 114 valence electrons. The summed E-state index contributed by atoms with van der Waals surface area (Å²) in [5, 5.41) is 2.68. The lowest BCUT2D eigenvalue weighted by molar-refractivity contribution is 0.0528. The maximum Gasteiger partial charge on any atom is 0.407 e. The topological polar surface area (TPSA) is 55.4 Å². The summed E-state index contributed by atoms with van der Waals surface area (Å²) < 4.78 is 5.13. The van der Waals surface area contributed by atoms with Crippen molar-refractivity contribution in [3.63, 3.8) is 0 Å². The van der Waals surface area contributed by atoms with Gasteiger partial charge in [0.25, 0.3) is 0 Å². The van der Waals surface area contributed by atoms with Gasteiger partial charge < -0.3 is 10.1 Å². The van der Waals surface area contributed by atoms with Gasteiger partial charge in [0.05, 0.1) is 0 Å². The van der Waals surface area contributed by atoms with Crippen molar-refractivity contribution in [1.29, 1.82) is 0 Å². The van der Waals surface area contributed by atoms with Gasteiger partial charge in [-0.1, -0.05) is 29.8 Å². The van der Waals surface area contributed by atoms with Crippen molar-refractivity contribution in [3.8, 4) is 0 Å². The molecule has 1 aromatic rings. The van der Waals surface area contributed by atoms with E-state index in [1.807, 2.05) is 58.0 Å². The third-order valence-electron chi connectivity index (χ3n) is 2.65. The van der Waals surface area contributed by atoms with Gasteiger partial charge in [0.15, 0.2) is 6.29 Å². The Morgan fingerprint density at radius 3 is 2.62 bits per heavy atom. The standard InChI is InChI=1S/C17H23NO3/c1-13-8-9-14(15(11-13)12-19)7-5-6-10-18-16(20)21-17(2,3)4/h5,7-9,11-12H,6,10H2,1-4H3,(H,18,20). The molecule has 1 N–H and O–H groups in total. The van der Waals surface area contributed by atoms with E-state index in [4.69, 9.17) is 4.74 Å². The fraction of sp³-hybridized carbons (Fsp3) is 0.412. The number of alkyl carbamates (subject to hydrolysis) is 1. The highest BCUT2D eigenvalue weighted by atomic mass is 16.6. The molecule has 4 heteroatoms. The van der Waals surface area contributed by atoms with Crippen LogP contribution in [0.25, 0.3) is 6.08 Å². The highest BCUT2D eigenvalue weighted by molar-refractivity contribution is 5.82. The van der Waals surface area contributed by atoms with Crippen LogP contribution >= 0.6 is 0 Å². The van der Waals surface area contributed by atoms with Gasteiger partial charge in [-0.3, -0.25) is 4.79 Å². The smallest absolute Gasteiger partial charge is 0.407 e. The minimum Gasteiger partial charge on any atom is -0.444 e. The summed E-state index contributed by atoms with van der Waals surface area (Å²) in [6.45, 7) is 7.92. The second kappa shape index (κ2) is 7.62. The number of hydrogen-bond acceptors (Lipinski definition) is 3. The number of hydrogen-bond donors (Lipinski definition) is 1. The second-order valence-corrected chi connectivity index (χ2v) is 5.87. The lowest BCUT2D eigenvalue weighted by Crippen LogP contribution is -2.32. The van der Waals surface area contributed by atoms with Crippen molar-refractivity contribution in [2.45, 2.75) is 39.7 Å². The Labute approximate surface area is 126 Å². The van der Waals surface area contributed by atoms with E-state index in [1.165, 1.54) is 0 Å². The van der Waals surface area contributed by atoms with E-state index in [9.17, 15) is 9.59 Å². The molecule has 0 unspecified atom stereocenters. The van der Waals surface area contributed by atoms with Crippen molar-refractivity contribution < 1.29 is 14.3 Å². The van der Waals surface area contributed by atoms with E-state index >= 15 is 0 Å². The van der Waals surface area contributed by atoms with E-state index in [2.05, 4.69) is 5.32 Å². The molecule has 1 amide bonds. The van der Waals surface area contributed by atoms with Crippen LogP contribution in [0.4, 0.5) is 4.79 Å². The summed E-state index contributed by atoms with van der Waals surface area (Å²) in [5.74, 6) is 0. The summed E-state index contributed by atoms with van der Waals surface area (Å²) in [6, 6.07) is 5.73. The Morgan fingerprint density at radius 1 is 1.29 bits per heavy atom. The quantitative estimate of drug-likeness (QED) is 0.663. The van der Waals surface area contributed by atoms with Crippen molar-refractivity contribution in [3.05, 3.63) is 41.0 Å². The molecule has 0 aliphatic heterocycles. The molecular weight excluding hydrogens is 266 g/mol. The number of carbonyl (C=O) groups excluding carboxylic acids is 2. The van der Waals surface area contributed by atoms with Crippen LogP contribution in [-0.4, -0.2) is 24.5 Å². The van der Waals surface area contributed by atoms with E-state index in [-0.39, 0.29) is 0 Å². The summed E-state index contributed by atoms with van der Waals surface area (Å²) in [4.78, 5) is 22.4. The Kier molecular flexibility index (Phi) is 6.15. The third-order valence-corrected chi connectivity index (χ3v) is 2.65. The summed E-state index contributed by atoms with van der Waals surface area (Å²) in [7, 11) is 0. The first-order valence-corrected chi connectivity index (χ1v) is 7.01. The summed E-state index contributed by atoms with van der Waals surface area (Å²) in [5.41, 5.74) is 2.13. The first-order chi connectivity index (χ1) is 9.81. The zero-order chi connectivity index (χ0) is 15.9. The lowest BCUT2D eigenvalue weighted by atomic mass is 10.0. The highest BCUT2D eigenvalue weighted by Crippen LogP contribution is 2.12. The Morgan fingerprint density at radius 2 is 2.00 bits per heavy atom. The van der Waals surface area contributed by atoms with Crippen LogP contribution < -0.4 is 5.32 Å². The minimum absolute atomic E-state index is 0.417. The summed E-state index contributed by atoms with van der Waals surface area (Å²) in [6.07, 6.45) is 4.92. The number of nitrogens with one attached hydrogen (secondary N) is 1. The molecule has 0 aromatic heterocycles. The first-order valence-electron chi connectivity index (χ1n) is 7.01. The van der Waals surface area contributed by atoms with E-state index in [1.54, 1.807) is 0 Å². The molecule has 1 rings (SSSR count). The molecular formula is C17H23NO3. The molecule has 0 spiro atoms. The predicted molar refractivity (Wildman–Crippen MR) is 84.5 cm³/mol. The minimum atomic E-state index is -0.485. The molecule has 0 bridgehead atoms. The van der Waals surface area contributed by atoms with Gasteiger partial charge in [0, 0.05) is 12.1 Å². The zero-order valence-electron chi connectivity index (χ0n) is 13.1. The Hall–Kier alpha value is -2.10. The van der Waals surface area contributed by atoms with Crippen LogP contribution in [0.5, 0.6) is 0 Å². The molecule has 0 heterocycles. The first kappa shape index (κ1) is 17.0. The normalized spacial score (nSPS) is 11.4. The van der Waals surface area contributed by atoms with Gasteiger partial charge in [-0.15, -0.1) is 0 Å². The van der Waals surface area contributed by atoms with E-state index in [0.29, 0.717) is 18.5 Å². The van der Waals surface area contributed by atoms with Crippen LogP contribution in [0.2, 0.25) is 0 Å². The second-order valence-electron chi connectivity index (χ2n) is 5.87. The van der Waals surface area contributed by atoms with Gasteiger partial charge in [-0.25, -0.2) is 4.79 Å². The Bertz CT molecular complexity index is 527. The Balaban J connectivity index is 2.42. The van der Waals surface area contributed by atoms with Crippen LogP contribution in [0.3, 0.4) is 0 Å². The molecule has 21 heavy (non-hydrogen) atoms. The summed E-state index contributed by atoms with van der Waals surface area (Å²) >= 11 is 0. The number of aldehydes is 1. The molecule has 0 radical (unpaired) electrons. The van der Waals surface area contributed by atoms with Gasteiger partial charge in [0.2, 0.25) is 0 Å². The fourth-order valence-corrected chi connectivity index (χ4v) is 1.73. The SMILES string of the molecule is Cc1ccc(C=CCCNC(=O)OC(C)(C)C)c(C=O)c1. The molecule has 0 saturated heterocycles. The number of rotatable bonds is 5. The number of ether oxygens (including phenoxy) is 1. The average molecular weight is 289 g/mol. The maximum absolute atomic E-state index is 11.4. The maximum atomic E-state index is 11.4. The van der Waals surface area contributed by atoms with Crippen molar-refractivity contribution in [1.82, 2.24) is 5.32 Å². The van der Waals surface area contributed by atoms with Crippen molar-refractivity contribution in [2.75, 3.05) is 6.54 Å². The molecule has 0 atom stereocenters. The van der Waals surface area contributed by atoms with E-state index < -0.39 is 11.7 Å². The van der Waals surface area contributed by atoms with E-state index in [0.717, 1.165) is 17.4 Å². The monoisotopic (exact) mass is 289 g/mol. The zero-order valence-corrected chi connectivity index (χ0v) is 13.1. The number of benzene rings is 1.